The van der Waals surface area contributed by atoms with E-state index in [1.807, 2.05) is 18.2 Å². The Bertz CT molecular complexity index is 526. The molecule has 1 aromatic carbocycles. The zero-order valence-corrected chi connectivity index (χ0v) is 11.2. The van der Waals surface area contributed by atoms with Gasteiger partial charge in [-0.1, -0.05) is 49.2 Å². The number of rotatable bonds is 4. The summed E-state index contributed by atoms with van der Waals surface area (Å²) in [5.74, 6) is 1.23. The maximum Gasteiger partial charge on any atom is 0.244 e. The average molecular weight is 266 g/mol. The zero-order valence-electron chi connectivity index (χ0n) is 10.4. The van der Waals surface area contributed by atoms with Crippen LogP contribution in [0.2, 0.25) is 5.02 Å². The van der Waals surface area contributed by atoms with E-state index in [-0.39, 0.29) is 6.04 Å². The normalized spacial score (nSPS) is 14.4. The lowest BCUT2D eigenvalue weighted by Crippen LogP contribution is -2.18. The van der Waals surface area contributed by atoms with Gasteiger partial charge in [0.2, 0.25) is 11.7 Å². The van der Waals surface area contributed by atoms with Crippen LogP contribution < -0.4 is 5.73 Å². The van der Waals surface area contributed by atoms with Crippen LogP contribution in [0, 0.1) is 5.92 Å². The minimum Gasteiger partial charge on any atom is -0.337 e. The molecule has 0 amide bonds. The third-order valence-corrected chi connectivity index (χ3v) is 3.43. The summed E-state index contributed by atoms with van der Waals surface area (Å²) in [5.41, 5.74) is 6.80. The number of hydrogen-bond donors (Lipinski definition) is 1. The average Bonchev–Trinajstić information content (AvgIpc) is 2.87. The molecule has 2 rings (SSSR count). The van der Waals surface area contributed by atoms with Crippen molar-refractivity contribution in [2.45, 2.75) is 26.3 Å². The molecule has 18 heavy (non-hydrogen) atoms. The minimum absolute atomic E-state index is 0.237. The maximum absolute atomic E-state index is 6.08. The van der Waals surface area contributed by atoms with Gasteiger partial charge in [0.25, 0.3) is 0 Å². The van der Waals surface area contributed by atoms with E-state index in [9.17, 15) is 0 Å². The van der Waals surface area contributed by atoms with Gasteiger partial charge in [-0.05, 0) is 18.1 Å². The van der Waals surface area contributed by atoms with Crippen LogP contribution >= 0.6 is 11.6 Å². The van der Waals surface area contributed by atoms with Crippen LogP contribution in [0.25, 0.3) is 11.4 Å². The summed E-state index contributed by atoms with van der Waals surface area (Å²) in [6, 6.07) is 7.15. The second-order valence-electron chi connectivity index (χ2n) is 4.35. The molecule has 0 aliphatic heterocycles. The summed E-state index contributed by atoms with van der Waals surface area (Å²) in [4.78, 5) is 4.32. The third kappa shape index (κ3) is 2.54. The van der Waals surface area contributed by atoms with Crippen molar-refractivity contribution in [1.82, 2.24) is 10.1 Å². The highest BCUT2D eigenvalue weighted by Crippen LogP contribution is 2.27. The van der Waals surface area contributed by atoms with Crippen molar-refractivity contribution in [1.29, 1.82) is 0 Å². The molecule has 2 aromatic rings. The lowest BCUT2D eigenvalue weighted by Gasteiger charge is -2.12. The van der Waals surface area contributed by atoms with Gasteiger partial charge in [0, 0.05) is 5.56 Å². The minimum atomic E-state index is -0.237. The fourth-order valence-corrected chi connectivity index (χ4v) is 1.84. The zero-order chi connectivity index (χ0) is 13.1. The first-order chi connectivity index (χ1) is 8.63. The molecule has 0 aliphatic carbocycles. The molecule has 5 heteroatoms. The van der Waals surface area contributed by atoms with Crippen LogP contribution in [-0.4, -0.2) is 10.1 Å². The molecular weight excluding hydrogens is 250 g/mol. The van der Waals surface area contributed by atoms with Crippen molar-refractivity contribution in [2.75, 3.05) is 0 Å². The number of halogens is 1. The van der Waals surface area contributed by atoms with Gasteiger partial charge in [0.1, 0.15) is 0 Å². The maximum atomic E-state index is 6.08. The molecule has 2 unspecified atom stereocenters. The van der Waals surface area contributed by atoms with Crippen LogP contribution in [0.4, 0.5) is 0 Å². The van der Waals surface area contributed by atoms with Crippen LogP contribution in [0.1, 0.15) is 32.2 Å². The number of aromatic nitrogens is 2. The van der Waals surface area contributed by atoms with Gasteiger partial charge in [-0.3, -0.25) is 0 Å². The molecule has 0 aliphatic rings. The van der Waals surface area contributed by atoms with Gasteiger partial charge >= 0.3 is 0 Å². The van der Waals surface area contributed by atoms with E-state index in [0.717, 1.165) is 12.0 Å². The van der Waals surface area contributed by atoms with Gasteiger partial charge in [0.05, 0.1) is 11.1 Å². The van der Waals surface area contributed by atoms with E-state index in [1.165, 1.54) is 0 Å². The second-order valence-corrected chi connectivity index (χ2v) is 4.75. The highest BCUT2D eigenvalue weighted by Gasteiger charge is 2.21. The lowest BCUT2D eigenvalue weighted by atomic mass is 10.0. The molecule has 0 radical (unpaired) electrons. The quantitative estimate of drug-likeness (QED) is 0.920. The molecule has 4 nitrogen and oxygen atoms in total. The van der Waals surface area contributed by atoms with Crippen LogP contribution in [0.3, 0.4) is 0 Å². The Kier molecular flexibility index (Phi) is 3.99. The molecule has 0 saturated heterocycles. The van der Waals surface area contributed by atoms with Crippen molar-refractivity contribution in [3.8, 4) is 11.4 Å². The third-order valence-electron chi connectivity index (χ3n) is 3.10. The molecule has 2 atom stereocenters. The summed E-state index contributed by atoms with van der Waals surface area (Å²) < 4.78 is 5.21. The van der Waals surface area contributed by atoms with E-state index >= 15 is 0 Å². The number of hydrogen-bond acceptors (Lipinski definition) is 4. The number of nitrogens with two attached hydrogens (primary N) is 1. The van der Waals surface area contributed by atoms with Gasteiger partial charge in [-0.25, -0.2) is 0 Å². The summed E-state index contributed by atoms with van der Waals surface area (Å²) in [6.45, 7) is 4.14. The predicted molar refractivity (Wildman–Crippen MR) is 71.1 cm³/mol. The number of nitrogens with zero attached hydrogens (tertiary/aromatic N) is 2. The smallest absolute Gasteiger partial charge is 0.244 e. The van der Waals surface area contributed by atoms with Crippen LogP contribution in [0.5, 0.6) is 0 Å². The fraction of sp³-hybridized carbons (Fsp3) is 0.385. The van der Waals surface area contributed by atoms with E-state index in [4.69, 9.17) is 21.9 Å². The molecule has 2 N–H and O–H groups in total. The molecule has 0 saturated carbocycles. The van der Waals surface area contributed by atoms with Gasteiger partial charge in [-0.15, -0.1) is 0 Å². The van der Waals surface area contributed by atoms with E-state index < -0.39 is 0 Å². The Balaban J connectivity index is 2.29. The first-order valence-electron chi connectivity index (χ1n) is 5.97. The Labute approximate surface area is 111 Å². The van der Waals surface area contributed by atoms with Crippen molar-refractivity contribution in [2.24, 2.45) is 11.7 Å². The Hall–Kier alpha value is -1.39. The molecule has 0 bridgehead atoms. The fourth-order valence-electron chi connectivity index (χ4n) is 1.62. The standard InChI is InChI=1S/C13H16ClN3O/c1-3-8(2)11(15)13-16-12(17-18-13)9-6-4-5-7-10(9)14/h4-8,11H,3,15H2,1-2H3. The lowest BCUT2D eigenvalue weighted by molar-refractivity contribution is 0.312. The van der Waals surface area contributed by atoms with Crippen molar-refractivity contribution in [3.63, 3.8) is 0 Å². The topological polar surface area (TPSA) is 64.9 Å². The SMILES string of the molecule is CCC(C)C(N)c1nc(-c2ccccc2Cl)no1. The van der Waals surface area contributed by atoms with Crippen molar-refractivity contribution in [3.05, 3.63) is 35.2 Å². The van der Waals surface area contributed by atoms with Crippen molar-refractivity contribution >= 4 is 11.6 Å². The molecule has 1 heterocycles. The first kappa shape index (κ1) is 13.1. The van der Waals surface area contributed by atoms with Crippen LogP contribution in [-0.2, 0) is 0 Å². The summed E-state index contributed by atoms with van der Waals surface area (Å²) in [7, 11) is 0. The van der Waals surface area contributed by atoms with Gasteiger partial charge < -0.3 is 10.3 Å². The summed E-state index contributed by atoms with van der Waals surface area (Å²) in [6.07, 6.45) is 0.963. The van der Waals surface area contributed by atoms with Crippen LogP contribution in [0.15, 0.2) is 28.8 Å². The molecule has 96 valence electrons. The number of benzene rings is 1. The molecule has 0 fully saturated rings. The Morgan fingerprint density at radius 1 is 1.39 bits per heavy atom. The van der Waals surface area contributed by atoms with Gasteiger partial charge in [-0.2, -0.15) is 4.98 Å². The van der Waals surface area contributed by atoms with E-state index in [0.29, 0.717) is 22.7 Å². The first-order valence-corrected chi connectivity index (χ1v) is 6.35. The largest absolute Gasteiger partial charge is 0.337 e. The monoisotopic (exact) mass is 265 g/mol. The summed E-state index contributed by atoms with van der Waals surface area (Å²) >= 11 is 6.08. The molecule has 1 aromatic heterocycles. The predicted octanol–water partition coefficient (Wildman–Crippen LogP) is 3.44. The highest BCUT2D eigenvalue weighted by molar-refractivity contribution is 6.33. The van der Waals surface area contributed by atoms with E-state index in [2.05, 4.69) is 24.0 Å². The van der Waals surface area contributed by atoms with E-state index in [1.54, 1.807) is 6.07 Å². The van der Waals surface area contributed by atoms with Gasteiger partial charge in [0.15, 0.2) is 0 Å². The Morgan fingerprint density at radius 3 is 2.78 bits per heavy atom. The summed E-state index contributed by atoms with van der Waals surface area (Å²) in [5, 5.41) is 4.53. The molecular formula is C13H16ClN3O. The second kappa shape index (κ2) is 5.50. The Morgan fingerprint density at radius 2 is 2.11 bits per heavy atom. The molecule has 0 spiro atoms. The van der Waals surface area contributed by atoms with Crippen molar-refractivity contribution < 1.29 is 4.52 Å². The highest BCUT2D eigenvalue weighted by atomic mass is 35.5.